The van der Waals surface area contributed by atoms with Crippen molar-refractivity contribution in [1.29, 1.82) is 0 Å². The second-order valence-corrected chi connectivity index (χ2v) is 6.80. The van der Waals surface area contributed by atoms with Crippen LogP contribution in [0.15, 0.2) is 33.8 Å². The summed E-state index contributed by atoms with van der Waals surface area (Å²) in [5, 5.41) is 10.9. The fraction of sp³-hybridized carbons (Fsp3) is 0.545. The van der Waals surface area contributed by atoms with Crippen molar-refractivity contribution < 1.29 is 4.52 Å². The Morgan fingerprint density at radius 2 is 1.61 bits per heavy atom. The normalized spacial score (nSPS) is 11.9. The smallest absolute Gasteiger partial charge is 0.191 e. The lowest BCUT2D eigenvalue weighted by Crippen LogP contribution is -2.36. The van der Waals surface area contributed by atoms with Crippen LogP contribution < -0.4 is 10.6 Å². The maximum Gasteiger partial charge on any atom is 0.191 e. The Labute approximate surface area is 169 Å². The molecule has 2 aromatic rings. The number of nitrogens with one attached hydrogen (secondary N) is 2. The number of rotatable bonds is 10. The zero-order chi connectivity index (χ0) is 20.4. The lowest BCUT2D eigenvalue weighted by molar-refractivity contribution is 0.296. The molecule has 0 aliphatic heterocycles. The number of hydrogen-bond acceptors (Lipinski definition) is 4. The molecule has 154 valence electrons. The fourth-order valence-electron chi connectivity index (χ4n) is 3.18. The van der Waals surface area contributed by atoms with Crippen LogP contribution in [0.4, 0.5) is 0 Å². The van der Waals surface area contributed by atoms with Crippen LogP contribution in [-0.2, 0) is 32.5 Å². The summed E-state index contributed by atoms with van der Waals surface area (Å²) in [6, 6.07) is 8.79. The van der Waals surface area contributed by atoms with Gasteiger partial charge in [-0.3, -0.25) is 9.89 Å². The second-order valence-electron chi connectivity index (χ2n) is 6.80. The van der Waals surface area contributed by atoms with Crippen molar-refractivity contribution in [2.24, 2.45) is 4.99 Å². The highest BCUT2D eigenvalue weighted by molar-refractivity contribution is 5.79. The zero-order valence-electron chi connectivity index (χ0n) is 18.0. The van der Waals surface area contributed by atoms with Crippen LogP contribution in [0.25, 0.3) is 0 Å². The molecule has 6 nitrogen and oxygen atoms in total. The molecule has 0 atom stereocenters. The Morgan fingerprint density at radius 3 is 2.18 bits per heavy atom. The molecule has 2 N–H and O–H groups in total. The van der Waals surface area contributed by atoms with Crippen LogP contribution in [0.2, 0.25) is 0 Å². The molecule has 0 bridgehead atoms. The molecule has 0 aliphatic carbocycles. The van der Waals surface area contributed by atoms with Crippen molar-refractivity contribution >= 4 is 5.96 Å². The van der Waals surface area contributed by atoms with Gasteiger partial charge in [0, 0.05) is 38.7 Å². The van der Waals surface area contributed by atoms with E-state index >= 15 is 0 Å². The first-order valence-corrected chi connectivity index (χ1v) is 10.4. The third-order valence-electron chi connectivity index (χ3n) is 5.05. The molecule has 0 fully saturated rings. The predicted octanol–water partition coefficient (Wildman–Crippen LogP) is 3.51. The number of aryl methyl sites for hydroxylation is 2. The summed E-state index contributed by atoms with van der Waals surface area (Å²) in [6.07, 6.45) is 1.71. The van der Waals surface area contributed by atoms with E-state index in [1.807, 2.05) is 0 Å². The van der Waals surface area contributed by atoms with E-state index in [0.717, 1.165) is 62.0 Å². The summed E-state index contributed by atoms with van der Waals surface area (Å²) in [4.78, 5) is 6.74. The molecule has 1 aromatic heterocycles. The van der Waals surface area contributed by atoms with Crippen molar-refractivity contribution in [3.8, 4) is 0 Å². The Morgan fingerprint density at radius 1 is 0.964 bits per heavy atom. The molecule has 0 unspecified atom stereocenters. The molecular formula is C22H35N5O. The van der Waals surface area contributed by atoms with Gasteiger partial charge in [0.25, 0.3) is 0 Å². The first kappa shape index (κ1) is 22.0. The lowest BCUT2D eigenvalue weighted by Gasteiger charge is -2.18. The molecule has 1 heterocycles. The largest absolute Gasteiger partial charge is 0.361 e. The Kier molecular flexibility index (Phi) is 9.01. The second kappa shape index (κ2) is 11.5. The molecule has 1 aromatic carbocycles. The van der Waals surface area contributed by atoms with E-state index in [4.69, 9.17) is 4.52 Å². The van der Waals surface area contributed by atoms with E-state index in [-0.39, 0.29) is 0 Å². The van der Waals surface area contributed by atoms with E-state index in [1.54, 1.807) is 7.05 Å². The van der Waals surface area contributed by atoms with Gasteiger partial charge in [-0.05, 0) is 30.6 Å². The third-order valence-corrected chi connectivity index (χ3v) is 5.05. The zero-order valence-corrected chi connectivity index (χ0v) is 18.0. The average molecular weight is 386 g/mol. The molecule has 0 saturated heterocycles. The molecule has 0 spiro atoms. The van der Waals surface area contributed by atoms with Gasteiger partial charge in [0.2, 0.25) is 0 Å². The first-order chi connectivity index (χ1) is 13.6. The SMILES string of the molecule is CCc1noc(CC)c1CNC(=NC)NCc1ccc(CN(CC)CC)cc1. The van der Waals surface area contributed by atoms with Crippen LogP contribution in [0.5, 0.6) is 0 Å². The third kappa shape index (κ3) is 6.09. The monoisotopic (exact) mass is 385 g/mol. The minimum absolute atomic E-state index is 0.665. The van der Waals surface area contributed by atoms with Crippen LogP contribution in [0.3, 0.4) is 0 Å². The Bertz CT molecular complexity index is 710. The van der Waals surface area contributed by atoms with Gasteiger partial charge in [0.1, 0.15) is 5.76 Å². The topological polar surface area (TPSA) is 65.7 Å². The van der Waals surface area contributed by atoms with Gasteiger partial charge >= 0.3 is 0 Å². The van der Waals surface area contributed by atoms with Gasteiger partial charge in [-0.2, -0.15) is 0 Å². The van der Waals surface area contributed by atoms with Crippen LogP contribution in [0.1, 0.15) is 55.8 Å². The van der Waals surface area contributed by atoms with Crippen molar-refractivity contribution in [2.45, 2.75) is 60.2 Å². The standard InChI is InChI=1S/C22H35N5O/c1-6-20-19(21(7-2)28-26-20)15-25-22(23-5)24-14-17-10-12-18(13-11-17)16-27(8-3)9-4/h10-13H,6-9,14-16H2,1-5H3,(H2,23,24,25). The number of aromatic nitrogens is 1. The van der Waals surface area contributed by atoms with Gasteiger partial charge in [-0.15, -0.1) is 0 Å². The molecule has 2 rings (SSSR count). The van der Waals surface area contributed by atoms with Gasteiger partial charge < -0.3 is 15.2 Å². The predicted molar refractivity (Wildman–Crippen MR) is 115 cm³/mol. The van der Waals surface area contributed by atoms with E-state index in [1.165, 1.54) is 11.1 Å². The van der Waals surface area contributed by atoms with Crippen LogP contribution in [-0.4, -0.2) is 36.2 Å². The average Bonchev–Trinajstić information content (AvgIpc) is 3.15. The van der Waals surface area contributed by atoms with E-state index in [2.05, 4.69) is 77.6 Å². The lowest BCUT2D eigenvalue weighted by atomic mass is 10.1. The Hall–Kier alpha value is -2.34. The Balaban J connectivity index is 1.88. The minimum Gasteiger partial charge on any atom is -0.361 e. The van der Waals surface area contributed by atoms with Crippen LogP contribution >= 0.6 is 0 Å². The number of aliphatic imine (C=N–C) groups is 1. The quantitative estimate of drug-likeness (QED) is 0.484. The summed E-state index contributed by atoms with van der Waals surface area (Å²) in [5.74, 6) is 1.72. The van der Waals surface area contributed by atoms with E-state index in [9.17, 15) is 0 Å². The maximum atomic E-state index is 5.43. The maximum absolute atomic E-state index is 5.43. The highest BCUT2D eigenvalue weighted by Gasteiger charge is 2.13. The van der Waals surface area contributed by atoms with Crippen molar-refractivity contribution in [2.75, 3.05) is 20.1 Å². The van der Waals surface area contributed by atoms with E-state index in [0.29, 0.717) is 6.54 Å². The number of nitrogens with zero attached hydrogens (tertiary/aromatic N) is 3. The molecule has 0 aliphatic rings. The first-order valence-electron chi connectivity index (χ1n) is 10.4. The minimum atomic E-state index is 0.665. The molecule has 0 radical (unpaired) electrons. The number of hydrogen-bond donors (Lipinski definition) is 2. The van der Waals surface area contributed by atoms with Gasteiger partial charge in [-0.25, -0.2) is 0 Å². The van der Waals surface area contributed by atoms with E-state index < -0.39 is 0 Å². The summed E-state index contributed by atoms with van der Waals surface area (Å²) in [6.45, 7) is 13.1. The van der Waals surface area contributed by atoms with Gasteiger partial charge in [0.05, 0.1) is 5.69 Å². The molecule has 6 heteroatoms. The summed E-state index contributed by atoms with van der Waals surface area (Å²) < 4.78 is 5.43. The molecular weight excluding hydrogens is 350 g/mol. The summed E-state index contributed by atoms with van der Waals surface area (Å²) >= 11 is 0. The van der Waals surface area contributed by atoms with Crippen molar-refractivity contribution in [1.82, 2.24) is 20.7 Å². The van der Waals surface area contributed by atoms with Crippen molar-refractivity contribution in [3.63, 3.8) is 0 Å². The summed E-state index contributed by atoms with van der Waals surface area (Å²) in [5.41, 5.74) is 4.75. The fourth-order valence-corrected chi connectivity index (χ4v) is 3.18. The van der Waals surface area contributed by atoms with Gasteiger partial charge in [-0.1, -0.05) is 57.1 Å². The molecule has 0 saturated carbocycles. The molecule has 28 heavy (non-hydrogen) atoms. The molecule has 0 amide bonds. The van der Waals surface area contributed by atoms with Crippen LogP contribution in [0, 0.1) is 0 Å². The highest BCUT2D eigenvalue weighted by atomic mass is 16.5. The van der Waals surface area contributed by atoms with Crippen molar-refractivity contribution in [3.05, 3.63) is 52.4 Å². The highest BCUT2D eigenvalue weighted by Crippen LogP contribution is 2.15. The van der Waals surface area contributed by atoms with Gasteiger partial charge in [0.15, 0.2) is 5.96 Å². The number of benzene rings is 1. The number of guanidine groups is 1. The summed E-state index contributed by atoms with van der Waals surface area (Å²) in [7, 11) is 1.79.